The van der Waals surface area contributed by atoms with Gasteiger partial charge in [-0.25, -0.2) is 10.2 Å². The van der Waals surface area contributed by atoms with Gasteiger partial charge < -0.3 is 28.8 Å². The molecule has 0 bridgehead atoms. The molecule has 0 spiro atoms. The maximum absolute atomic E-state index is 12.9. The van der Waals surface area contributed by atoms with Gasteiger partial charge in [0.15, 0.2) is 23.0 Å². The van der Waals surface area contributed by atoms with Crippen LogP contribution < -0.4 is 29.1 Å². The molecule has 3 rings (SSSR count). The number of phenolic OH excluding ortho intramolecular Hbond substituents is 1. The standard InChI is InChI=1S/C26H26N2O8/c1-5-35-21-12-16(15-27-28-25(30)18-8-6-7-9-19(18)29)10-11-20(21)36-26(31)17-13-22(32-2)24(34-4)23(14-17)33-3/h6-15,29H,5H2,1-4H3,(H,28,30). The third-order valence-electron chi connectivity index (χ3n) is 4.90. The highest BCUT2D eigenvalue weighted by molar-refractivity contribution is 5.97. The molecule has 188 valence electrons. The summed E-state index contributed by atoms with van der Waals surface area (Å²) in [6.07, 6.45) is 1.39. The predicted molar refractivity (Wildman–Crippen MR) is 132 cm³/mol. The van der Waals surface area contributed by atoms with Crippen molar-refractivity contribution in [2.24, 2.45) is 5.10 Å². The number of amides is 1. The van der Waals surface area contributed by atoms with Crippen LogP contribution in [0.25, 0.3) is 0 Å². The minimum Gasteiger partial charge on any atom is -0.507 e. The summed E-state index contributed by atoms with van der Waals surface area (Å²) in [6.45, 7) is 2.11. The molecule has 0 heterocycles. The Balaban J connectivity index is 1.78. The number of carbonyl (C=O) groups is 2. The monoisotopic (exact) mass is 494 g/mol. The molecule has 0 aliphatic carbocycles. The second-order valence-electron chi connectivity index (χ2n) is 7.16. The minimum absolute atomic E-state index is 0.0960. The average molecular weight is 495 g/mol. The van der Waals surface area contributed by atoms with Crippen molar-refractivity contribution in [2.45, 2.75) is 6.92 Å². The maximum Gasteiger partial charge on any atom is 0.343 e. The quantitative estimate of drug-likeness (QED) is 0.189. The molecule has 0 aliphatic heterocycles. The Morgan fingerprint density at radius 3 is 2.22 bits per heavy atom. The Morgan fingerprint density at radius 2 is 1.61 bits per heavy atom. The number of hydrazone groups is 1. The number of hydrogen-bond donors (Lipinski definition) is 2. The van der Waals surface area contributed by atoms with Gasteiger partial charge in [-0.05, 0) is 55.0 Å². The topological polar surface area (TPSA) is 125 Å². The van der Waals surface area contributed by atoms with Gasteiger partial charge in [0.2, 0.25) is 5.75 Å². The first kappa shape index (κ1) is 25.9. The number of para-hydroxylation sites is 1. The van der Waals surface area contributed by atoms with E-state index in [0.29, 0.717) is 35.2 Å². The van der Waals surface area contributed by atoms with Crippen LogP contribution in [0.1, 0.15) is 33.2 Å². The highest BCUT2D eigenvalue weighted by Crippen LogP contribution is 2.39. The Hall–Kier alpha value is -4.73. The van der Waals surface area contributed by atoms with Crippen LogP contribution in [-0.4, -0.2) is 51.1 Å². The molecule has 0 saturated heterocycles. The van der Waals surface area contributed by atoms with E-state index in [0.717, 1.165) is 0 Å². The van der Waals surface area contributed by atoms with Crippen LogP contribution in [0.5, 0.6) is 34.5 Å². The van der Waals surface area contributed by atoms with Gasteiger partial charge in [0.05, 0.1) is 45.3 Å². The molecule has 0 saturated carbocycles. The Kier molecular flexibility index (Phi) is 8.71. The van der Waals surface area contributed by atoms with Crippen molar-refractivity contribution in [2.75, 3.05) is 27.9 Å². The number of methoxy groups -OCH3 is 3. The molecule has 0 aromatic heterocycles. The Morgan fingerprint density at radius 1 is 0.917 bits per heavy atom. The second kappa shape index (κ2) is 12.1. The van der Waals surface area contributed by atoms with Crippen LogP contribution in [0, 0.1) is 0 Å². The van der Waals surface area contributed by atoms with Crippen molar-refractivity contribution in [1.29, 1.82) is 0 Å². The van der Waals surface area contributed by atoms with E-state index in [4.69, 9.17) is 23.7 Å². The van der Waals surface area contributed by atoms with Crippen LogP contribution in [-0.2, 0) is 0 Å². The first-order chi connectivity index (χ1) is 17.4. The molecule has 0 atom stereocenters. The molecule has 0 radical (unpaired) electrons. The number of phenols is 1. The van der Waals surface area contributed by atoms with Crippen LogP contribution in [0.15, 0.2) is 59.7 Å². The van der Waals surface area contributed by atoms with Gasteiger partial charge in [-0.2, -0.15) is 5.10 Å². The van der Waals surface area contributed by atoms with E-state index in [1.165, 1.54) is 51.8 Å². The number of nitrogens with one attached hydrogen (secondary N) is 1. The molecule has 1 amide bonds. The lowest BCUT2D eigenvalue weighted by atomic mass is 10.1. The summed E-state index contributed by atoms with van der Waals surface area (Å²) in [5.74, 6) is 0.0847. The highest BCUT2D eigenvalue weighted by atomic mass is 16.6. The zero-order chi connectivity index (χ0) is 26.1. The number of hydrogen-bond acceptors (Lipinski definition) is 9. The number of aromatic hydroxyl groups is 1. The summed E-state index contributed by atoms with van der Waals surface area (Å²) in [5.41, 5.74) is 3.20. The summed E-state index contributed by atoms with van der Waals surface area (Å²) in [7, 11) is 4.37. The molecule has 36 heavy (non-hydrogen) atoms. The molecule has 0 fully saturated rings. The van der Waals surface area contributed by atoms with Crippen molar-refractivity contribution >= 4 is 18.1 Å². The fourth-order valence-corrected chi connectivity index (χ4v) is 3.21. The number of benzene rings is 3. The van der Waals surface area contributed by atoms with Gasteiger partial charge in [-0.1, -0.05) is 12.1 Å². The maximum atomic E-state index is 12.9. The second-order valence-corrected chi connectivity index (χ2v) is 7.16. The third kappa shape index (κ3) is 6.03. The number of esters is 1. The van der Waals surface area contributed by atoms with E-state index in [1.54, 1.807) is 37.3 Å². The number of nitrogens with zero attached hydrogens (tertiary/aromatic N) is 1. The third-order valence-corrected chi connectivity index (χ3v) is 4.90. The van der Waals surface area contributed by atoms with Crippen molar-refractivity contribution in [3.8, 4) is 34.5 Å². The Labute approximate surface area is 208 Å². The summed E-state index contributed by atoms with van der Waals surface area (Å²) < 4.78 is 27.1. The number of ether oxygens (including phenoxy) is 5. The number of rotatable bonds is 10. The molecular formula is C26H26N2O8. The Bertz CT molecular complexity index is 1250. The smallest absolute Gasteiger partial charge is 0.343 e. The van der Waals surface area contributed by atoms with Crippen LogP contribution >= 0.6 is 0 Å². The molecule has 10 nitrogen and oxygen atoms in total. The zero-order valence-electron chi connectivity index (χ0n) is 20.2. The first-order valence-electron chi connectivity index (χ1n) is 10.8. The largest absolute Gasteiger partial charge is 0.507 e. The minimum atomic E-state index is -0.661. The lowest BCUT2D eigenvalue weighted by Crippen LogP contribution is -2.17. The van der Waals surface area contributed by atoms with Crippen molar-refractivity contribution in [3.63, 3.8) is 0 Å². The van der Waals surface area contributed by atoms with E-state index in [1.807, 2.05) is 0 Å². The summed E-state index contributed by atoms with van der Waals surface area (Å²) in [5, 5.41) is 13.7. The fourth-order valence-electron chi connectivity index (χ4n) is 3.21. The van der Waals surface area contributed by atoms with Gasteiger partial charge in [-0.3, -0.25) is 4.79 Å². The zero-order valence-corrected chi connectivity index (χ0v) is 20.2. The van der Waals surface area contributed by atoms with E-state index in [-0.39, 0.29) is 22.6 Å². The molecule has 3 aromatic carbocycles. The summed E-state index contributed by atoms with van der Waals surface area (Å²) in [4.78, 5) is 25.1. The van der Waals surface area contributed by atoms with E-state index in [2.05, 4.69) is 10.5 Å². The van der Waals surface area contributed by atoms with Gasteiger partial charge in [0, 0.05) is 0 Å². The SMILES string of the molecule is CCOc1cc(C=NNC(=O)c2ccccc2O)ccc1OC(=O)c1cc(OC)c(OC)c(OC)c1. The molecule has 10 heteroatoms. The molecule has 2 N–H and O–H groups in total. The highest BCUT2D eigenvalue weighted by Gasteiger charge is 2.20. The predicted octanol–water partition coefficient (Wildman–Crippen LogP) is 3.80. The molecule has 0 aliphatic rings. The molecule has 0 unspecified atom stereocenters. The fraction of sp³-hybridized carbons (Fsp3) is 0.192. The molecular weight excluding hydrogens is 468 g/mol. The first-order valence-corrected chi connectivity index (χ1v) is 10.8. The summed E-state index contributed by atoms with van der Waals surface area (Å²) in [6, 6.07) is 13.9. The van der Waals surface area contributed by atoms with Crippen molar-refractivity contribution in [3.05, 3.63) is 71.3 Å². The van der Waals surface area contributed by atoms with Gasteiger partial charge in [-0.15, -0.1) is 0 Å². The van der Waals surface area contributed by atoms with Gasteiger partial charge >= 0.3 is 5.97 Å². The lowest BCUT2D eigenvalue weighted by Gasteiger charge is -2.15. The van der Waals surface area contributed by atoms with Gasteiger partial charge in [0.1, 0.15) is 5.75 Å². The van der Waals surface area contributed by atoms with Gasteiger partial charge in [0.25, 0.3) is 5.91 Å². The van der Waals surface area contributed by atoms with Crippen LogP contribution in [0.3, 0.4) is 0 Å². The van der Waals surface area contributed by atoms with Crippen LogP contribution in [0.2, 0.25) is 0 Å². The van der Waals surface area contributed by atoms with Crippen molar-refractivity contribution in [1.82, 2.24) is 5.43 Å². The van der Waals surface area contributed by atoms with Crippen molar-refractivity contribution < 1.29 is 38.4 Å². The number of carbonyl (C=O) groups excluding carboxylic acids is 2. The van der Waals surface area contributed by atoms with Crippen LogP contribution in [0.4, 0.5) is 0 Å². The normalized spacial score (nSPS) is 10.6. The van der Waals surface area contributed by atoms with E-state index in [9.17, 15) is 14.7 Å². The summed E-state index contributed by atoms with van der Waals surface area (Å²) >= 11 is 0. The molecule has 3 aromatic rings. The van der Waals surface area contributed by atoms with E-state index < -0.39 is 11.9 Å². The lowest BCUT2D eigenvalue weighted by molar-refractivity contribution is 0.0727. The average Bonchev–Trinajstić information content (AvgIpc) is 2.89. The van der Waals surface area contributed by atoms with E-state index >= 15 is 0 Å².